The minimum absolute atomic E-state index is 0.0772. The number of aromatic nitrogens is 1. The summed E-state index contributed by atoms with van der Waals surface area (Å²) < 4.78 is 13.9. The highest BCUT2D eigenvalue weighted by Crippen LogP contribution is 2.25. The molecule has 5 heteroatoms. The Kier molecular flexibility index (Phi) is 5.70. The number of nitrogen functional groups attached to an aromatic ring is 1. The van der Waals surface area contributed by atoms with Crippen molar-refractivity contribution >= 4 is 21.6 Å². The largest absolute Gasteiger partial charge is 0.398 e. The maximum atomic E-state index is 13.4. The van der Waals surface area contributed by atoms with E-state index in [4.69, 9.17) is 5.73 Å². The van der Waals surface area contributed by atoms with Crippen LogP contribution >= 0.6 is 15.9 Å². The smallest absolute Gasteiger partial charge is 0.137 e. The second kappa shape index (κ2) is 7.52. The second-order valence-electron chi connectivity index (χ2n) is 4.96. The van der Waals surface area contributed by atoms with Gasteiger partial charge in [0.05, 0.1) is 4.47 Å². The molecule has 0 aliphatic heterocycles. The predicted molar refractivity (Wildman–Crippen MR) is 87.5 cm³/mol. The van der Waals surface area contributed by atoms with Gasteiger partial charge in [0.2, 0.25) is 0 Å². The molecule has 0 spiro atoms. The van der Waals surface area contributed by atoms with Gasteiger partial charge in [0.25, 0.3) is 0 Å². The van der Waals surface area contributed by atoms with Crippen molar-refractivity contribution in [2.45, 2.75) is 25.8 Å². The minimum Gasteiger partial charge on any atom is -0.398 e. The molecule has 1 atom stereocenters. The van der Waals surface area contributed by atoms with Crippen molar-refractivity contribution in [2.75, 3.05) is 12.3 Å². The Labute approximate surface area is 132 Å². The first-order valence-electron chi connectivity index (χ1n) is 6.98. The van der Waals surface area contributed by atoms with Crippen molar-refractivity contribution in [2.24, 2.45) is 0 Å². The average molecular weight is 352 g/mol. The van der Waals surface area contributed by atoms with E-state index in [9.17, 15) is 4.39 Å². The topological polar surface area (TPSA) is 50.9 Å². The molecule has 2 rings (SSSR count). The molecule has 3 N–H and O–H groups in total. The van der Waals surface area contributed by atoms with Crippen LogP contribution in [0, 0.1) is 5.82 Å². The lowest BCUT2D eigenvalue weighted by Crippen LogP contribution is -2.24. The Morgan fingerprint density at radius 1 is 1.38 bits per heavy atom. The van der Waals surface area contributed by atoms with Gasteiger partial charge < -0.3 is 11.1 Å². The van der Waals surface area contributed by atoms with Gasteiger partial charge in [0, 0.05) is 24.1 Å². The van der Waals surface area contributed by atoms with Gasteiger partial charge in [-0.05, 0) is 64.6 Å². The Bertz CT molecular complexity index is 604. The summed E-state index contributed by atoms with van der Waals surface area (Å²) in [6, 6.07) is 6.97. The summed E-state index contributed by atoms with van der Waals surface area (Å²) in [5, 5.41) is 3.48. The van der Waals surface area contributed by atoms with Gasteiger partial charge in [0.1, 0.15) is 5.82 Å². The number of nitrogens with two attached hydrogens (primary N) is 1. The molecule has 0 saturated carbocycles. The highest BCUT2D eigenvalue weighted by molar-refractivity contribution is 9.10. The minimum atomic E-state index is -0.256. The molecule has 0 aliphatic carbocycles. The summed E-state index contributed by atoms with van der Waals surface area (Å²) in [6.45, 7) is 3.00. The SMILES string of the molecule is CCCNC(Cc1cnccc1N)c1ccc(F)c(Br)c1. The molecular weight excluding hydrogens is 333 g/mol. The third kappa shape index (κ3) is 4.25. The lowest BCUT2D eigenvalue weighted by atomic mass is 9.98. The Morgan fingerprint density at radius 2 is 2.19 bits per heavy atom. The number of benzene rings is 1. The van der Waals surface area contributed by atoms with Crippen molar-refractivity contribution in [1.82, 2.24) is 10.3 Å². The number of nitrogens with one attached hydrogen (secondary N) is 1. The van der Waals surface area contributed by atoms with Crippen LogP contribution < -0.4 is 11.1 Å². The molecule has 1 unspecified atom stereocenters. The molecule has 0 fully saturated rings. The normalized spacial score (nSPS) is 12.3. The molecule has 112 valence electrons. The van der Waals surface area contributed by atoms with Crippen LogP contribution in [0.5, 0.6) is 0 Å². The summed E-state index contributed by atoms with van der Waals surface area (Å²) in [5.74, 6) is -0.256. The van der Waals surface area contributed by atoms with Crippen LogP contribution in [0.1, 0.15) is 30.5 Å². The third-order valence-electron chi connectivity index (χ3n) is 3.35. The van der Waals surface area contributed by atoms with E-state index in [1.165, 1.54) is 6.07 Å². The van der Waals surface area contributed by atoms with Gasteiger partial charge in [-0.25, -0.2) is 4.39 Å². The van der Waals surface area contributed by atoms with Gasteiger partial charge in [0.15, 0.2) is 0 Å². The van der Waals surface area contributed by atoms with Gasteiger partial charge >= 0.3 is 0 Å². The zero-order chi connectivity index (χ0) is 15.2. The van der Waals surface area contributed by atoms with Crippen LogP contribution in [0.2, 0.25) is 0 Å². The summed E-state index contributed by atoms with van der Waals surface area (Å²) >= 11 is 3.24. The summed E-state index contributed by atoms with van der Waals surface area (Å²) in [7, 11) is 0. The van der Waals surface area contributed by atoms with Gasteiger partial charge in [-0.3, -0.25) is 4.98 Å². The van der Waals surface area contributed by atoms with E-state index in [-0.39, 0.29) is 11.9 Å². The number of nitrogens with zero attached hydrogens (tertiary/aromatic N) is 1. The van der Waals surface area contributed by atoms with E-state index in [0.29, 0.717) is 4.47 Å². The number of rotatable bonds is 6. The van der Waals surface area contributed by atoms with Crippen LogP contribution in [0.25, 0.3) is 0 Å². The molecular formula is C16H19BrFN3. The molecule has 1 aromatic carbocycles. The van der Waals surface area contributed by atoms with E-state index in [2.05, 4.69) is 33.2 Å². The van der Waals surface area contributed by atoms with Crippen molar-refractivity contribution in [3.8, 4) is 0 Å². The van der Waals surface area contributed by atoms with E-state index < -0.39 is 0 Å². The molecule has 1 aromatic heterocycles. The molecule has 0 amide bonds. The Balaban J connectivity index is 2.25. The van der Waals surface area contributed by atoms with Crippen LogP contribution in [0.15, 0.2) is 41.1 Å². The van der Waals surface area contributed by atoms with Crippen LogP contribution in [0.3, 0.4) is 0 Å². The zero-order valence-electron chi connectivity index (χ0n) is 11.9. The van der Waals surface area contributed by atoms with Crippen LogP contribution in [0.4, 0.5) is 10.1 Å². The maximum absolute atomic E-state index is 13.4. The number of hydrogen-bond donors (Lipinski definition) is 2. The van der Waals surface area contributed by atoms with Crippen molar-refractivity contribution in [3.63, 3.8) is 0 Å². The Morgan fingerprint density at radius 3 is 2.86 bits per heavy atom. The number of anilines is 1. The van der Waals surface area contributed by atoms with Gasteiger partial charge in [-0.1, -0.05) is 13.0 Å². The Hall–Kier alpha value is -1.46. The zero-order valence-corrected chi connectivity index (χ0v) is 13.5. The molecule has 2 aromatic rings. The van der Waals surface area contributed by atoms with E-state index >= 15 is 0 Å². The molecule has 21 heavy (non-hydrogen) atoms. The predicted octanol–water partition coefficient (Wildman–Crippen LogP) is 3.85. The summed E-state index contributed by atoms with van der Waals surface area (Å²) in [4.78, 5) is 4.13. The van der Waals surface area contributed by atoms with Crippen molar-refractivity contribution in [1.29, 1.82) is 0 Å². The fourth-order valence-electron chi connectivity index (χ4n) is 2.18. The first kappa shape index (κ1) is 15.9. The lowest BCUT2D eigenvalue weighted by molar-refractivity contribution is 0.527. The van der Waals surface area contributed by atoms with Crippen LogP contribution in [-0.2, 0) is 6.42 Å². The van der Waals surface area contributed by atoms with E-state index in [1.807, 2.05) is 6.07 Å². The fraction of sp³-hybridized carbons (Fsp3) is 0.312. The van der Waals surface area contributed by atoms with Crippen molar-refractivity contribution in [3.05, 3.63) is 58.1 Å². The lowest BCUT2D eigenvalue weighted by Gasteiger charge is -2.20. The molecule has 0 aliphatic rings. The number of pyridine rings is 1. The highest BCUT2D eigenvalue weighted by Gasteiger charge is 2.14. The van der Waals surface area contributed by atoms with E-state index in [1.54, 1.807) is 24.5 Å². The third-order valence-corrected chi connectivity index (χ3v) is 3.96. The standard InChI is InChI=1S/C16H19BrFN3/c1-2-6-21-16(9-12-10-20-7-5-15(12)19)11-3-4-14(18)13(17)8-11/h3-5,7-8,10,16,21H,2,6,9H2,1H3,(H2,19,20). The first-order valence-corrected chi connectivity index (χ1v) is 7.77. The van der Waals surface area contributed by atoms with E-state index in [0.717, 1.165) is 36.2 Å². The number of hydrogen-bond acceptors (Lipinski definition) is 3. The molecule has 0 saturated heterocycles. The second-order valence-corrected chi connectivity index (χ2v) is 5.81. The number of halogens is 2. The fourth-order valence-corrected chi connectivity index (χ4v) is 2.58. The maximum Gasteiger partial charge on any atom is 0.137 e. The quantitative estimate of drug-likeness (QED) is 0.830. The van der Waals surface area contributed by atoms with Crippen molar-refractivity contribution < 1.29 is 4.39 Å². The first-order chi connectivity index (χ1) is 10.1. The molecule has 1 heterocycles. The van der Waals surface area contributed by atoms with Gasteiger partial charge in [-0.2, -0.15) is 0 Å². The molecule has 0 bridgehead atoms. The summed E-state index contributed by atoms with van der Waals surface area (Å²) in [5.41, 5.74) is 8.74. The highest BCUT2D eigenvalue weighted by atomic mass is 79.9. The monoisotopic (exact) mass is 351 g/mol. The molecule has 0 radical (unpaired) electrons. The average Bonchev–Trinajstić information content (AvgIpc) is 2.48. The summed E-state index contributed by atoms with van der Waals surface area (Å²) in [6.07, 6.45) is 5.22. The van der Waals surface area contributed by atoms with Gasteiger partial charge in [-0.15, -0.1) is 0 Å². The molecule has 3 nitrogen and oxygen atoms in total. The van der Waals surface area contributed by atoms with Crippen LogP contribution in [-0.4, -0.2) is 11.5 Å².